The van der Waals surface area contributed by atoms with Gasteiger partial charge in [-0.1, -0.05) is 54.6 Å². The Morgan fingerprint density at radius 3 is 2.79 bits per heavy atom. The molecule has 1 aromatic carbocycles. The van der Waals surface area contributed by atoms with Crippen molar-refractivity contribution in [1.82, 2.24) is 20.4 Å². The summed E-state index contributed by atoms with van der Waals surface area (Å²) >= 11 is 7.90. The number of carbonyl (C=O) groups excluding carboxylic acids is 2. The van der Waals surface area contributed by atoms with E-state index in [1.54, 1.807) is 4.68 Å². The van der Waals surface area contributed by atoms with Gasteiger partial charge >= 0.3 is 6.03 Å². The van der Waals surface area contributed by atoms with E-state index in [2.05, 4.69) is 15.7 Å². The molecule has 2 rings (SSSR count). The average Bonchev–Trinajstić information content (AvgIpc) is 2.95. The molecule has 0 bridgehead atoms. The topological polar surface area (TPSA) is 76.0 Å². The maximum atomic E-state index is 11.8. The Hall–Kier alpha value is -1.71. The molecular weight excluding hydrogens is 364 g/mol. The summed E-state index contributed by atoms with van der Waals surface area (Å²) in [5.41, 5.74) is 0.880. The molecular formula is C15H18N4O2S3. The highest BCUT2D eigenvalue weighted by Crippen LogP contribution is 2.23. The smallest absolute Gasteiger partial charge is 0.321 e. The van der Waals surface area contributed by atoms with E-state index in [4.69, 9.17) is 12.2 Å². The summed E-state index contributed by atoms with van der Waals surface area (Å²) in [6.07, 6.45) is 1.87. The predicted octanol–water partition coefficient (Wildman–Crippen LogP) is 3.38. The van der Waals surface area contributed by atoms with E-state index in [1.165, 1.54) is 23.1 Å². The highest BCUT2D eigenvalue weighted by atomic mass is 32.2. The lowest BCUT2D eigenvalue weighted by atomic mass is 10.3. The summed E-state index contributed by atoms with van der Waals surface area (Å²) in [6, 6.07) is 9.11. The number of nitrogens with zero attached hydrogens (tertiary/aromatic N) is 2. The Morgan fingerprint density at radius 1 is 1.33 bits per heavy atom. The van der Waals surface area contributed by atoms with Crippen molar-refractivity contribution in [3.63, 3.8) is 0 Å². The number of hydrogen-bond donors (Lipinski definition) is 2. The van der Waals surface area contributed by atoms with Gasteiger partial charge in [0.05, 0.1) is 11.4 Å². The van der Waals surface area contributed by atoms with E-state index in [0.717, 1.165) is 18.5 Å². The lowest BCUT2D eigenvalue weighted by molar-refractivity contribution is -0.117. The number of benzene rings is 1. The molecule has 0 aliphatic rings. The number of para-hydroxylation sites is 1. The predicted molar refractivity (Wildman–Crippen MR) is 99.4 cm³/mol. The number of urea groups is 1. The monoisotopic (exact) mass is 382 g/mol. The zero-order valence-electron chi connectivity index (χ0n) is 13.2. The van der Waals surface area contributed by atoms with Crippen molar-refractivity contribution in [2.75, 3.05) is 12.3 Å². The minimum absolute atomic E-state index is 0.109. The van der Waals surface area contributed by atoms with E-state index < -0.39 is 6.03 Å². The zero-order chi connectivity index (χ0) is 17.4. The summed E-state index contributed by atoms with van der Waals surface area (Å²) in [6.45, 7) is 2.59. The molecule has 0 fully saturated rings. The Labute approximate surface area is 153 Å². The number of carbonyl (C=O) groups is 2. The maximum absolute atomic E-state index is 11.8. The first-order valence-electron chi connectivity index (χ1n) is 7.46. The fourth-order valence-corrected chi connectivity index (χ4v) is 3.93. The van der Waals surface area contributed by atoms with Crippen LogP contribution in [0, 0.1) is 3.95 Å². The van der Waals surface area contributed by atoms with E-state index >= 15 is 0 Å². The van der Waals surface area contributed by atoms with E-state index in [0.29, 0.717) is 14.8 Å². The number of rotatable bonds is 7. The number of aromatic nitrogens is 2. The lowest BCUT2D eigenvalue weighted by Gasteiger charge is -2.05. The van der Waals surface area contributed by atoms with E-state index in [1.807, 2.05) is 37.3 Å². The average molecular weight is 383 g/mol. The van der Waals surface area contributed by atoms with Gasteiger partial charge in [0.2, 0.25) is 5.91 Å². The molecule has 1 heterocycles. The molecule has 0 atom stereocenters. The van der Waals surface area contributed by atoms with Crippen LogP contribution in [0.4, 0.5) is 4.79 Å². The molecule has 2 aromatic rings. The van der Waals surface area contributed by atoms with Crippen LogP contribution in [0.3, 0.4) is 0 Å². The van der Waals surface area contributed by atoms with Gasteiger partial charge in [-0.3, -0.25) is 10.1 Å². The summed E-state index contributed by atoms with van der Waals surface area (Å²) < 4.78 is 2.96. The minimum Gasteiger partial charge on any atom is -0.338 e. The largest absolute Gasteiger partial charge is 0.338 e. The Bertz CT molecular complexity index is 743. The summed E-state index contributed by atoms with van der Waals surface area (Å²) in [5.74, 6) is -0.250. The van der Waals surface area contributed by atoms with Crippen LogP contribution in [0.25, 0.3) is 5.69 Å². The first-order valence-corrected chi connectivity index (χ1v) is 9.67. The van der Waals surface area contributed by atoms with Crippen LogP contribution in [0.15, 0.2) is 34.7 Å². The Morgan fingerprint density at radius 2 is 2.08 bits per heavy atom. The number of nitrogens with one attached hydrogen (secondary N) is 2. The van der Waals surface area contributed by atoms with Crippen molar-refractivity contribution in [2.24, 2.45) is 0 Å². The van der Waals surface area contributed by atoms with Crippen LogP contribution in [-0.4, -0.2) is 34.0 Å². The molecule has 0 saturated heterocycles. The van der Waals surface area contributed by atoms with Crippen molar-refractivity contribution in [3.05, 3.63) is 34.3 Å². The molecule has 0 unspecified atom stereocenters. The second-order valence-corrected chi connectivity index (χ2v) is 7.67. The molecule has 0 saturated carbocycles. The summed E-state index contributed by atoms with van der Waals surface area (Å²) in [7, 11) is 0. The van der Waals surface area contributed by atoms with Gasteiger partial charge in [0, 0.05) is 6.54 Å². The molecule has 1 aromatic heterocycles. The quantitative estimate of drug-likeness (QED) is 0.436. The van der Waals surface area contributed by atoms with Crippen molar-refractivity contribution < 1.29 is 9.59 Å². The third-order valence-electron chi connectivity index (χ3n) is 2.93. The second-order valence-electron chi connectivity index (χ2n) is 4.83. The minimum atomic E-state index is -0.462. The number of hydrogen-bond acceptors (Lipinski definition) is 6. The molecule has 3 amide bonds. The van der Waals surface area contributed by atoms with Gasteiger partial charge in [0.15, 0.2) is 8.29 Å². The molecule has 0 spiro atoms. The highest BCUT2D eigenvalue weighted by Gasteiger charge is 2.11. The van der Waals surface area contributed by atoms with Crippen LogP contribution in [-0.2, 0) is 4.79 Å². The third-order valence-corrected chi connectivity index (χ3v) is 5.29. The van der Waals surface area contributed by atoms with Gasteiger partial charge in [0.25, 0.3) is 0 Å². The Kier molecular flexibility index (Phi) is 7.41. The fraction of sp³-hybridized carbons (Fsp3) is 0.333. The van der Waals surface area contributed by atoms with E-state index in [9.17, 15) is 9.59 Å². The van der Waals surface area contributed by atoms with E-state index in [-0.39, 0.29) is 11.7 Å². The van der Waals surface area contributed by atoms with Crippen LogP contribution < -0.4 is 10.6 Å². The first kappa shape index (κ1) is 18.6. The third kappa shape index (κ3) is 5.73. The second kappa shape index (κ2) is 9.55. The zero-order valence-corrected chi connectivity index (χ0v) is 15.6. The number of amides is 3. The molecule has 6 nitrogen and oxygen atoms in total. The fourth-order valence-electron chi connectivity index (χ4n) is 1.76. The molecule has 0 aliphatic heterocycles. The van der Waals surface area contributed by atoms with Gasteiger partial charge in [-0.05, 0) is 30.8 Å². The van der Waals surface area contributed by atoms with Gasteiger partial charge in [0.1, 0.15) is 0 Å². The van der Waals surface area contributed by atoms with Gasteiger partial charge < -0.3 is 5.32 Å². The first-order chi connectivity index (χ1) is 11.6. The van der Waals surface area contributed by atoms with Crippen LogP contribution in [0.5, 0.6) is 0 Å². The van der Waals surface area contributed by atoms with Crippen LogP contribution in [0.2, 0.25) is 0 Å². The number of imide groups is 1. The molecule has 0 aliphatic carbocycles. The molecule has 9 heteroatoms. The molecule has 128 valence electrons. The van der Waals surface area contributed by atoms with Gasteiger partial charge in [-0.2, -0.15) is 0 Å². The molecule has 0 radical (unpaired) electrons. The number of thioether (sulfide) groups is 1. The van der Waals surface area contributed by atoms with Crippen molar-refractivity contribution in [2.45, 2.75) is 24.1 Å². The van der Waals surface area contributed by atoms with Crippen LogP contribution in [0.1, 0.15) is 19.8 Å². The van der Waals surface area contributed by atoms with Gasteiger partial charge in [-0.15, -0.1) is 5.10 Å². The van der Waals surface area contributed by atoms with Crippen molar-refractivity contribution in [3.8, 4) is 5.69 Å². The summed E-state index contributed by atoms with van der Waals surface area (Å²) in [4.78, 5) is 23.3. The van der Waals surface area contributed by atoms with Crippen molar-refractivity contribution in [1.29, 1.82) is 0 Å². The maximum Gasteiger partial charge on any atom is 0.321 e. The normalized spacial score (nSPS) is 10.4. The standard InChI is InChI=1S/C15H18N4O2S3/c1-2-3-9-16-13(21)17-12(20)10-23-14-18-19(15(22)24-14)11-7-5-4-6-8-11/h4-8H,2-3,9-10H2,1H3,(H2,16,17,20,21). The molecule has 2 N–H and O–H groups in total. The summed E-state index contributed by atoms with van der Waals surface area (Å²) in [5, 5.41) is 9.34. The SMILES string of the molecule is CCCCNC(=O)NC(=O)CSc1nn(-c2ccccc2)c(=S)s1. The van der Waals surface area contributed by atoms with Crippen LogP contribution >= 0.6 is 35.3 Å². The molecule has 24 heavy (non-hydrogen) atoms. The Balaban J connectivity index is 1.85. The lowest BCUT2D eigenvalue weighted by Crippen LogP contribution is -2.40. The number of unbranched alkanes of at least 4 members (excludes halogenated alkanes) is 1. The van der Waals surface area contributed by atoms with Gasteiger partial charge in [-0.25, -0.2) is 9.48 Å². The van der Waals surface area contributed by atoms with Crippen molar-refractivity contribution >= 4 is 47.3 Å². The highest BCUT2D eigenvalue weighted by molar-refractivity contribution is 8.01.